The fraction of sp³-hybridized carbons (Fsp3) is 0.500. The van der Waals surface area contributed by atoms with E-state index in [0.29, 0.717) is 32.8 Å². The molecule has 2 aliphatic heterocycles. The summed E-state index contributed by atoms with van der Waals surface area (Å²) in [5.74, 6) is 0. The highest BCUT2D eigenvalue weighted by Crippen LogP contribution is 2.18. The number of amides is 3. The average Bonchev–Trinajstić information content (AvgIpc) is 2.87. The number of hydrogen-bond donors (Lipinski definition) is 1. The Kier molecular flexibility index (Phi) is 3.92. The van der Waals surface area contributed by atoms with Crippen LogP contribution in [0.15, 0.2) is 18.2 Å². The first-order chi connectivity index (χ1) is 10.5. The van der Waals surface area contributed by atoms with Crippen LogP contribution in [0, 0.1) is 13.8 Å². The van der Waals surface area contributed by atoms with Crippen LogP contribution in [-0.4, -0.2) is 54.2 Å². The van der Waals surface area contributed by atoms with Crippen molar-refractivity contribution in [1.82, 2.24) is 15.1 Å². The highest BCUT2D eigenvalue weighted by Gasteiger charge is 2.38. The molecule has 3 rings (SSSR count). The Labute approximate surface area is 130 Å². The number of nitrogens with one attached hydrogen (secondary N) is 1. The van der Waals surface area contributed by atoms with Crippen molar-refractivity contribution in [2.75, 3.05) is 26.2 Å². The summed E-state index contributed by atoms with van der Waals surface area (Å²) < 4.78 is 5.01. The number of hydrogen-bond acceptors (Lipinski definition) is 3. The maximum absolute atomic E-state index is 12.3. The molecule has 6 nitrogen and oxygen atoms in total. The number of carbonyl (C=O) groups excluding carboxylic acids is 2. The van der Waals surface area contributed by atoms with Gasteiger partial charge in [0, 0.05) is 26.2 Å². The molecule has 0 spiro atoms. The molecule has 6 heteroatoms. The predicted octanol–water partition coefficient (Wildman–Crippen LogP) is 1.65. The smallest absolute Gasteiger partial charge is 0.410 e. The largest absolute Gasteiger partial charge is 0.447 e. The molecule has 1 N–H and O–H groups in total. The van der Waals surface area contributed by atoms with Crippen LogP contribution in [0.2, 0.25) is 0 Å². The molecule has 118 valence electrons. The minimum Gasteiger partial charge on any atom is -0.447 e. The fourth-order valence-electron chi connectivity index (χ4n) is 3.00. The van der Waals surface area contributed by atoms with Gasteiger partial charge in [-0.25, -0.2) is 9.59 Å². The van der Waals surface area contributed by atoms with Crippen LogP contribution in [0.5, 0.6) is 0 Å². The number of nitrogens with zero attached hydrogens (tertiary/aromatic N) is 2. The Morgan fingerprint density at radius 3 is 2.95 bits per heavy atom. The van der Waals surface area contributed by atoms with Crippen molar-refractivity contribution in [2.24, 2.45) is 0 Å². The van der Waals surface area contributed by atoms with Crippen molar-refractivity contribution >= 4 is 12.1 Å². The quantitative estimate of drug-likeness (QED) is 0.903. The van der Waals surface area contributed by atoms with Crippen molar-refractivity contribution in [3.8, 4) is 0 Å². The van der Waals surface area contributed by atoms with E-state index < -0.39 is 0 Å². The van der Waals surface area contributed by atoms with E-state index >= 15 is 0 Å². The van der Waals surface area contributed by atoms with E-state index in [4.69, 9.17) is 4.74 Å². The van der Waals surface area contributed by atoms with Gasteiger partial charge in [0.2, 0.25) is 0 Å². The summed E-state index contributed by atoms with van der Waals surface area (Å²) in [7, 11) is 0. The number of carbonyl (C=O) groups is 2. The summed E-state index contributed by atoms with van der Waals surface area (Å²) in [6.07, 6.45) is -0.264. The number of cyclic esters (lactones) is 1. The lowest BCUT2D eigenvalue weighted by atomic mass is 10.1. The van der Waals surface area contributed by atoms with Crippen molar-refractivity contribution in [3.05, 3.63) is 34.9 Å². The lowest BCUT2D eigenvalue weighted by molar-refractivity contribution is 0.127. The van der Waals surface area contributed by atoms with Crippen LogP contribution in [-0.2, 0) is 11.3 Å². The minimum atomic E-state index is -0.264. The van der Waals surface area contributed by atoms with Gasteiger partial charge in [0.15, 0.2) is 0 Å². The van der Waals surface area contributed by atoms with Gasteiger partial charge in [-0.3, -0.25) is 4.90 Å². The van der Waals surface area contributed by atoms with Crippen LogP contribution < -0.4 is 5.32 Å². The third-order valence-electron chi connectivity index (χ3n) is 4.33. The first-order valence-corrected chi connectivity index (χ1v) is 7.57. The molecular weight excluding hydrogens is 282 g/mol. The van der Waals surface area contributed by atoms with Crippen molar-refractivity contribution in [2.45, 2.75) is 26.4 Å². The Balaban J connectivity index is 1.55. The third kappa shape index (κ3) is 2.86. The number of aryl methyl sites for hydroxylation is 2. The third-order valence-corrected chi connectivity index (χ3v) is 4.33. The van der Waals surface area contributed by atoms with Crippen LogP contribution in [0.4, 0.5) is 9.59 Å². The zero-order valence-corrected chi connectivity index (χ0v) is 13.0. The SMILES string of the molecule is Cc1ccc(CNC(=O)N2CCN3C(=O)OCC3C2)c(C)c1. The van der Waals surface area contributed by atoms with Gasteiger partial charge in [0.25, 0.3) is 0 Å². The van der Waals surface area contributed by atoms with Crippen LogP contribution in [0.25, 0.3) is 0 Å². The van der Waals surface area contributed by atoms with E-state index in [-0.39, 0.29) is 18.2 Å². The van der Waals surface area contributed by atoms with Crippen LogP contribution >= 0.6 is 0 Å². The lowest BCUT2D eigenvalue weighted by Crippen LogP contribution is -2.55. The molecule has 0 radical (unpaired) electrons. The molecule has 1 atom stereocenters. The first kappa shape index (κ1) is 14.7. The van der Waals surface area contributed by atoms with Gasteiger partial charge in [0.1, 0.15) is 6.61 Å². The van der Waals surface area contributed by atoms with Gasteiger partial charge in [-0.2, -0.15) is 0 Å². The predicted molar refractivity (Wildman–Crippen MR) is 81.6 cm³/mol. The van der Waals surface area contributed by atoms with E-state index in [9.17, 15) is 9.59 Å². The van der Waals surface area contributed by atoms with Gasteiger partial charge < -0.3 is 15.0 Å². The van der Waals surface area contributed by atoms with Gasteiger partial charge >= 0.3 is 12.1 Å². The minimum absolute atomic E-state index is 0.00638. The topological polar surface area (TPSA) is 61.9 Å². The molecule has 1 aromatic rings. The van der Waals surface area contributed by atoms with Crippen molar-refractivity contribution < 1.29 is 14.3 Å². The monoisotopic (exact) mass is 303 g/mol. The molecular formula is C16H21N3O3. The Morgan fingerprint density at radius 1 is 1.36 bits per heavy atom. The molecule has 1 unspecified atom stereocenters. The summed E-state index contributed by atoms with van der Waals surface area (Å²) in [5, 5.41) is 2.96. The molecule has 0 saturated carbocycles. The van der Waals surface area contributed by atoms with Crippen molar-refractivity contribution in [1.29, 1.82) is 0 Å². The number of benzene rings is 1. The van der Waals surface area contributed by atoms with Gasteiger partial charge in [0.05, 0.1) is 6.04 Å². The van der Waals surface area contributed by atoms with E-state index in [0.717, 1.165) is 5.56 Å². The Bertz CT molecular complexity index is 602. The molecule has 1 aromatic carbocycles. The second kappa shape index (κ2) is 5.87. The molecule has 2 saturated heterocycles. The molecule has 0 aromatic heterocycles. The van der Waals surface area contributed by atoms with Crippen LogP contribution in [0.3, 0.4) is 0 Å². The van der Waals surface area contributed by atoms with E-state index in [1.54, 1.807) is 9.80 Å². The zero-order valence-electron chi connectivity index (χ0n) is 13.0. The second-order valence-corrected chi connectivity index (χ2v) is 5.96. The van der Waals surface area contributed by atoms with Gasteiger partial charge in [-0.15, -0.1) is 0 Å². The summed E-state index contributed by atoms with van der Waals surface area (Å²) >= 11 is 0. The molecule has 2 heterocycles. The highest BCUT2D eigenvalue weighted by molar-refractivity contribution is 5.75. The highest BCUT2D eigenvalue weighted by atomic mass is 16.6. The number of ether oxygens (including phenoxy) is 1. The normalized spacial score (nSPS) is 20.6. The summed E-state index contributed by atoms with van der Waals surface area (Å²) in [5.41, 5.74) is 3.52. The number of fused-ring (bicyclic) bond motifs is 1. The summed E-state index contributed by atoms with van der Waals surface area (Å²) in [6.45, 7) is 6.62. The summed E-state index contributed by atoms with van der Waals surface area (Å²) in [6, 6.07) is 6.12. The number of piperazine rings is 1. The fourth-order valence-corrected chi connectivity index (χ4v) is 3.00. The first-order valence-electron chi connectivity index (χ1n) is 7.57. The second-order valence-electron chi connectivity index (χ2n) is 5.96. The van der Waals surface area contributed by atoms with E-state index in [1.807, 2.05) is 6.07 Å². The zero-order chi connectivity index (χ0) is 15.7. The maximum Gasteiger partial charge on any atom is 0.410 e. The van der Waals surface area contributed by atoms with Crippen LogP contribution in [0.1, 0.15) is 16.7 Å². The maximum atomic E-state index is 12.3. The molecule has 2 fully saturated rings. The molecule has 22 heavy (non-hydrogen) atoms. The van der Waals surface area contributed by atoms with Gasteiger partial charge in [-0.1, -0.05) is 23.8 Å². The number of urea groups is 1. The molecule has 0 aliphatic carbocycles. The molecule has 0 bridgehead atoms. The Morgan fingerprint density at radius 2 is 2.18 bits per heavy atom. The summed E-state index contributed by atoms with van der Waals surface area (Å²) in [4.78, 5) is 27.2. The lowest BCUT2D eigenvalue weighted by Gasteiger charge is -2.35. The van der Waals surface area contributed by atoms with Gasteiger partial charge in [-0.05, 0) is 25.0 Å². The van der Waals surface area contributed by atoms with E-state index in [2.05, 4.69) is 31.3 Å². The molecule has 2 aliphatic rings. The molecule has 3 amide bonds. The Hall–Kier alpha value is -2.24. The standard InChI is InChI=1S/C16H21N3O3/c1-11-3-4-13(12(2)7-11)8-17-15(20)18-5-6-19-14(9-18)10-22-16(19)21/h3-4,7,14H,5-6,8-10H2,1-2H3,(H,17,20). The van der Waals surface area contributed by atoms with Crippen molar-refractivity contribution in [3.63, 3.8) is 0 Å². The van der Waals surface area contributed by atoms with E-state index in [1.165, 1.54) is 11.1 Å². The number of rotatable bonds is 2. The average molecular weight is 303 g/mol.